The number of aromatic nitrogens is 2. The molecule has 7 nitrogen and oxygen atoms in total. The Balaban J connectivity index is 1.42. The maximum Gasteiger partial charge on any atom is 0.267 e. The van der Waals surface area contributed by atoms with Crippen LogP contribution in [0.1, 0.15) is 12.8 Å². The van der Waals surface area contributed by atoms with E-state index in [2.05, 4.69) is 39.2 Å². The second kappa shape index (κ2) is 7.82. The molecule has 1 amide bonds. The number of rotatable bonds is 4. The zero-order chi connectivity index (χ0) is 18.6. The van der Waals surface area contributed by atoms with Crippen LogP contribution in [0.5, 0.6) is 0 Å². The Morgan fingerprint density at radius 2 is 1.52 bits per heavy atom. The van der Waals surface area contributed by atoms with E-state index in [1.807, 2.05) is 11.0 Å². The summed E-state index contributed by atoms with van der Waals surface area (Å²) < 4.78 is 1.31. The van der Waals surface area contributed by atoms with E-state index in [-0.39, 0.29) is 18.0 Å². The van der Waals surface area contributed by atoms with Crippen LogP contribution in [0.4, 0.5) is 11.5 Å². The van der Waals surface area contributed by atoms with E-state index in [0.717, 1.165) is 57.9 Å². The first-order valence-electron chi connectivity index (χ1n) is 9.61. The van der Waals surface area contributed by atoms with Crippen molar-refractivity contribution in [1.82, 2.24) is 14.7 Å². The Kier molecular flexibility index (Phi) is 5.09. The normalized spacial score (nSPS) is 17.4. The van der Waals surface area contributed by atoms with Crippen molar-refractivity contribution in [3.8, 4) is 0 Å². The lowest BCUT2D eigenvalue weighted by Crippen LogP contribution is -2.47. The molecule has 0 radical (unpaired) electrons. The molecule has 0 N–H and O–H groups in total. The lowest BCUT2D eigenvalue weighted by molar-refractivity contribution is -0.131. The van der Waals surface area contributed by atoms with Crippen molar-refractivity contribution >= 4 is 17.4 Å². The first kappa shape index (κ1) is 17.6. The summed E-state index contributed by atoms with van der Waals surface area (Å²) >= 11 is 0. The zero-order valence-electron chi connectivity index (χ0n) is 15.5. The smallest absolute Gasteiger partial charge is 0.267 e. The molecular weight excluding hydrogens is 342 g/mol. The predicted molar refractivity (Wildman–Crippen MR) is 105 cm³/mol. The largest absolute Gasteiger partial charge is 0.368 e. The standard InChI is InChI=1S/C20H25N5O2/c26-19-9-8-18(21-25(19)16-20(27)24-10-4-5-11-24)23-14-12-22(13-15-23)17-6-2-1-3-7-17/h1-3,6-9H,4-5,10-16H2. The first-order valence-corrected chi connectivity index (χ1v) is 9.61. The lowest BCUT2D eigenvalue weighted by atomic mass is 10.2. The summed E-state index contributed by atoms with van der Waals surface area (Å²) in [7, 11) is 0. The van der Waals surface area contributed by atoms with Crippen LogP contribution in [0, 0.1) is 0 Å². The molecule has 2 fully saturated rings. The molecule has 0 saturated carbocycles. The molecular formula is C20H25N5O2. The molecule has 2 saturated heterocycles. The maximum atomic E-state index is 12.4. The van der Waals surface area contributed by atoms with Gasteiger partial charge in [0.05, 0.1) is 0 Å². The topological polar surface area (TPSA) is 61.7 Å². The van der Waals surface area contributed by atoms with Crippen molar-refractivity contribution in [3.05, 3.63) is 52.8 Å². The number of hydrogen-bond donors (Lipinski definition) is 0. The number of nitrogens with zero attached hydrogens (tertiary/aromatic N) is 5. The van der Waals surface area contributed by atoms with Gasteiger partial charge < -0.3 is 14.7 Å². The van der Waals surface area contributed by atoms with Gasteiger partial charge >= 0.3 is 0 Å². The van der Waals surface area contributed by atoms with Gasteiger partial charge in [-0.25, -0.2) is 4.68 Å². The summed E-state index contributed by atoms with van der Waals surface area (Å²) in [5.74, 6) is 0.740. The second-order valence-electron chi connectivity index (χ2n) is 7.08. The molecule has 1 aromatic heterocycles. The van der Waals surface area contributed by atoms with Gasteiger partial charge in [0, 0.05) is 51.0 Å². The minimum Gasteiger partial charge on any atom is -0.368 e. The van der Waals surface area contributed by atoms with E-state index in [9.17, 15) is 9.59 Å². The van der Waals surface area contributed by atoms with E-state index in [4.69, 9.17) is 0 Å². The third-order valence-corrected chi connectivity index (χ3v) is 5.32. The average Bonchev–Trinajstić information content (AvgIpc) is 3.26. The minimum atomic E-state index is -0.228. The van der Waals surface area contributed by atoms with Gasteiger partial charge in [0.1, 0.15) is 12.4 Å². The van der Waals surface area contributed by atoms with Crippen LogP contribution in [0.25, 0.3) is 0 Å². The minimum absolute atomic E-state index is 0.0202. The van der Waals surface area contributed by atoms with Crippen molar-refractivity contribution in [2.45, 2.75) is 19.4 Å². The highest BCUT2D eigenvalue weighted by Crippen LogP contribution is 2.18. The number of amides is 1. The van der Waals surface area contributed by atoms with Crippen LogP contribution in [0.2, 0.25) is 0 Å². The number of carbonyl (C=O) groups excluding carboxylic acids is 1. The van der Waals surface area contributed by atoms with E-state index >= 15 is 0 Å². The van der Waals surface area contributed by atoms with Crippen molar-refractivity contribution < 1.29 is 4.79 Å². The van der Waals surface area contributed by atoms with Gasteiger partial charge in [0.25, 0.3) is 5.56 Å². The summed E-state index contributed by atoms with van der Waals surface area (Å²) in [5.41, 5.74) is 1.00. The Bertz CT molecular complexity index is 837. The molecule has 2 aromatic rings. The van der Waals surface area contributed by atoms with Crippen LogP contribution in [-0.2, 0) is 11.3 Å². The summed E-state index contributed by atoms with van der Waals surface area (Å²) in [6.07, 6.45) is 2.08. The molecule has 142 valence electrons. The second-order valence-corrected chi connectivity index (χ2v) is 7.08. The summed E-state index contributed by atoms with van der Waals surface area (Å²) in [4.78, 5) is 30.9. The highest BCUT2D eigenvalue weighted by molar-refractivity contribution is 5.76. The van der Waals surface area contributed by atoms with Gasteiger partial charge in [-0.05, 0) is 31.0 Å². The average molecular weight is 367 g/mol. The molecule has 2 aliphatic heterocycles. The first-order chi connectivity index (χ1) is 13.2. The number of anilines is 2. The summed E-state index contributed by atoms with van der Waals surface area (Å²) in [5, 5.41) is 4.47. The zero-order valence-corrected chi connectivity index (χ0v) is 15.5. The van der Waals surface area contributed by atoms with Gasteiger partial charge in [-0.2, -0.15) is 5.10 Å². The van der Waals surface area contributed by atoms with Crippen LogP contribution < -0.4 is 15.4 Å². The number of benzene rings is 1. The quantitative estimate of drug-likeness (QED) is 0.812. The van der Waals surface area contributed by atoms with Gasteiger partial charge in [-0.3, -0.25) is 9.59 Å². The Morgan fingerprint density at radius 3 is 2.22 bits per heavy atom. The molecule has 0 aliphatic carbocycles. The van der Waals surface area contributed by atoms with Crippen molar-refractivity contribution in [1.29, 1.82) is 0 Å². The molecule has 4 rings (SSSR count). The maximum absolute atomic E-state index is 12.4. The molecule has 0 spiro atoms. The van der Waals surface area contributed by atoms with Gasteiger partial charge in [-0.1, -0.05) is 18.2 Å². The van der Waals surface area contributed by atoms with Crippen molar-refractivity contribution in [3.63, 3.8) is 0 Å². The number of likely N-dealkylation sites (tertiary alicyclic amines) is 1. The van der Waals surface area contributed by atoms with E-state index in [1.54, 1.807) is 6.07 Å². The number of hydrogen-bond acceptors (Lipinski definition) is 5. The molecule has 2 aliphatic rings. The third-order valence-electron chi connectivity index (χ3n) is 5.32. The highest BCUT2D eigenvalue weighted by atomic mass is 16.2. The van der Waals surface area contributed by atoms with Crippen LogP contribution in [-0.4, -0.2) is 59.9 Å². The Hall–Kier alpha value is -2.83. The number of para-hydroxylation sites is 1. The monoisotopic (exact) mass is 367 g/mol. The lowest BCUT2D eigenvalue weighted by Gasteiger charge is -2.36. The number of carbonyl (C=O) groups is 1. The molecule has 1 aromatic carbocycles. The summed E-state index contributed by atoms with van der Waals surface area (Å²) in [6, 6.07) is 13.7. The molecule has 7 heteroatoms. The molecule has 3 heterocycles. The van der Waals surface area contributed by atoms with E-state index in [1.165, 1.54) is 16.4 Å². The molecule has 0 bridgehead atoms. The van der Waals surface area contributed by atoms with Gasteiger partial charge in [-0.15, -0.1) is 0 Å². The molecule has 27 heavy (non-hydrogen) atoms. The van der Waals surface area contributed by atoms with Crippen LogP contribution in [0.15, 0.2) is 47.3 Å². The highest BCUT2D eigenvalue weighted by Gasteiger charge is 2.21. The van der Waals surface area contributed by atoms with E-state index < -0.39 is 0 Å². The predicted octanol–water partition coefficient (Wildman–Crippen LogP) is 1.19. The molecule has 0 unspecified atom stereocenters. The Morgan fingerprint density at radius 1 is 0.852 bits per heavy atom. The van der Waals surface area contributed by atoms with Crippen LogP contribution in [0.3, 0.4) is 0 Å². The fourth-order valence-corrected chi connectivity index (χ4v) is 3.75. The van der Waals surface area contributed by atoms with Gasteiger partial charge in [0.15, 0.2) is 0 Å². The van der Waals surface area contributed by atoms with Crippen LogP contribution >= 0.6 is 0 Å². The molecule has 0 atom stereocenters. The van der Waals surface area contributed by atoms with Crippen molar-refractivity contribution in [2.75, 3.05) is 49.1 Å². The van der Waals surface area contributed by atoms with Gasteiger partial charge in [0.2, 0.25) is 5.91 Å². The third kappa shape index (κ3) is 3.97. The fourth-order valence-electron chi connectivity index (χ4n) is 3.75. The Labute approximate surface area is 158 Å². The van der Waals surface area contributed by atoms with Crippen molar-refractivity contribution in [2.24, 2.45) is 0 Å². The summed E-state index contributed by atoms with van der Waals surface area (Å²) in [6.45, 7) is 5.06. The van der Waals surface area contributed by atoms with E-state index in [0.29, 0.717) is 0 Å². The SMILES string of the molecule is O=C(Cn1nc(N2CCN(c3ccccc3)CC2)ccc1=O)N1CCCC1. The fraction of sp³-hybridized carbons (Fsp3) is 0.450. The number of piperazine rings is 1.